The number of hydrogen-bond donors (Lipinski definition) is 4. The molecule has 4 N–H and O–H groups in total. The minimum Gasteiger partial charge on any atom is -0.481 e. The van der Waals surface area contributed by atoms with Crippen LogP contribution in [0.15, 0.2) is 0 Å². The van der Waals surface area contributed by atoms with Crippen LogP contribution in [-0.2, 0) is 9.59 Å². The van der Waals surface area contributed by atoms with E-state index in [-0.39, 0.29) is 12.8 Å². The van der Waals surface area contributed by atoms with E-state index in [4.69, 9.17) is 20.4 Å². The highest BCUT2D eigenvalue weighted by atomic mass is 16.5. The molecule has 0 aromatic carbocycles. The van der Waals surface area contributed by atoms with E-state index in [1.54, 1.807) is 0 Å². The Morgan fingerprint density at radius 1 is 0.640 bits per heavy atom. The zero-order valence-corrected chi connectivity index (χ0v) is 15.8. The van der Waals surface area contributed by atoms with Crippen LogP contribution in [0.5, 0.6) is 0 Å². The summed E-state index contributed by atoms with van der Waals surface area (Å²) in [6, 6.07) is 0. The molecular weight excluding hydrogens is 324 g/mol. The Morgan fingerprint density at radius 2 is 1.00 bits per heavy atom. The molecule has 0 saturated heterocycles. The summed E-state index contributed by atoms with van der Waals surface area (Å²) in [7, 11) is 0. The average molecular weight is 363 g/mol. The molecule has 0 aliphatic carbocycles. The van der Waals surface area contributed by atoms with Gasteiger partial charge in [0.25, 0.3) is 0 Å². The number of aliphatic hydroxyl groups excluding tert-OH is 1. The summed E-state index contributed by atoms with van der Waals surface area (Å²) in [5.74, 6) is -1.48. The maximum atomic E-state index is 10.1. The molecule has 0 atom stereocenters. The van der Waals surface area contributed by atoms with Crippen molar-refractivity contribution >= 4 is 11.9 Å². The van der Waals surface area contributed by atoms with E-state index in [1.807, 2.05) is 0 Å². The van der Waals surface area contributed by atoms with Gasteiger partial charge in [-0.1, -0.05) is 64.7 Å². The van der Waals surface area contributed by atoms with Gasteiger partial charge in [0.15, 0.2) is 6.29 Å². The van der Waals surface area contributed by atoms with Gasteiger partial charge in [0.05, 0.1) is 0 Å². The van der Waals surface area contributed by atoms with Crippen LogP contribution >= 0.6 is 0 Å². The molecule has 150 valence electrons. The Bertz CT molecular complexity index is 284. The summed E-state index contributed by atoms with van der Waals surface area (Å²) < 4.78 is 0. The molecule has 25 heavy (non-hydrogen) atoms. The van der Waals surface area contributed by atoms with Crippen LogP contribution in [0, 0.1) is 0 Å². The zero-order valence-electron chi connectivity index (χ0n) is 15.8. The Labute approximate surface area is 152 Å². The van der Waals surface area contributed by atoms with E-state index < -0.39 is 18.2 Å². The summed E-state index contributed by atoms with van der Waals surface area (Å²) in [4.78, 5) is 20.3. The summed E-state index contributed by atoms with van der Waals surface area (Å²) in [6.45, 7) is 2.19. The van der Waals surface area contributed by atoms with Crippen molar-refractivity contribution in [3.05, 3.63) is 0 Å². The van der Waals surface area contributed by atoms with Gasteiger partial charge in [-0.25, -0.2) is 0 Å². The third-order valence-corrected chi connectivity index (χ3v) is 3.85. The van der Waals surface area contributed by atoms with Gasteiger partial charge in [0, 0.05) is 12.8 Å². The molecule has 0 fully saturated rings. The smallest absolute Gasteiger partial charge is 0.303 e. The highest BCUT2D eigenvalue weighted by Crippen LogP contribution is 2.08. The minimum absolute atomic E-state index is 0.245. The first-order valence-electron chi connectivity index (χ1n) is 9.69. The fourth-order valence-corrected chi connectivity index (χ4v) is 2.37. The Kier molecular flexibility index (Phi) is 21.8. The van der Waals surface area contributed by atoms with Crippen molar-refractivity contribution in [3.63, 3.8) is 0 Å². The number of unbranched alkanes of at least 4 members (excludes halogenated alkanes) is 10. The number of hydrogen-bond acceptors (Lipinski definition) is 4. The van der Waals surface area contributed by atoms with Crippen LogP contribution in [0.1, 0.15) is 103 Å². The second-order valence-electron chi connectivity index (χ2n) is 6.45. The fourth-order valence-electron chi connectivity index (χ4n) is 2.37. The molecular formula is C19H38O6. The predicted octanol–water partition coefficient (Wildman–Crippen LogP) is 4.32. The molecule has 0 aliphatic rings. The second-order valence-corrected chi connectivity index (χ2v) is 6.45. The van der Waals surface area contributed by atoms with Crippen LogP contribution in [0.2, 0.25) is 0 Å². The van der Waals surface area contributed by atoms with Gasteiger partial charge in [0.2, 0.25) is 0 Å². The van der Waals surface area contributed by atoms with Gasteiger partial charge in [-0.15, -0.1) is 0 Å². The van der Waals surface area contributed by atoms with Gasteiger partial charge in [-0.3, -0.25) is 9.59 Å². The molecule has 0 aliphatic heterocycles. The molecule has 0 unspecified atom stereocenters. The van der Waals surface area contributed by atoms with Gasteiger partial charge in [-0.05, 0) is 25.7 Å². The van der Waals surface area contributed by atoms with Crippen molar-refractivity contribution in [3.8, 4) is 0 Å². The Balaban J connectivity index is 0. The SMILES string of the molecule is CCCCCCCCC(O)O.O=C(O)CCCCCCCCC(=O)O. The highest BCUT2D eigenvalue weighted by Gasteiger charge is 1.98. The maximum absolute atomic E-state index is 10.1. The Morgan fingerprint density at radius 3 is 1.36 bits per heavy atom. The molecule has 0 aromatic heterocycles. The lowest BCUT2D eigenvalue weighted by Crippen LogP contribution is -2.02. The number of aliphatic carboxylic acids is 2. The zero-order chi connectivity index (χ0) is 19.3. The number of aliphatic hydroxyl groups is 2. The van der Waals surface area contributed by atoms with Crippen molar-refractivity contribution in [1.29, 1.82) is 0 Å². The van der Waals surface area contributed by atoms with Gasteiger partial charge in [0.1, 0.15) is 0 Å². The van der Waals surface area contributed by atoms with E-state index in [0.717, 1.165) is 51.4 Å². The fraction of sp³-hybridized carbons (Fsp3) is 0.895. The van der Waals surface area contributed by atoms with Crippen LogP contribution in [0.4, 0.5) is 0 Å². The number of carbonyl (C=O) groups is 2. The van der Waals surface area contributed by atoms with E-state index in [9.17, 15) is 9.59 Å². The lowest BCUT2D eigenvalue weighted by Gasteiger charge is -2.02. The van der Waals surface area contributed by atoms with Crippen molar-refractivity contribution in [1.82, 2.24) is 0 Å². The van der Waals surface area contributed by atoms with Crippen LogP contribution in [0.25, 0.3) is 0 Å². The summed E-state index contributed by atoms with van der Waals surface area (Å²) in [5.41, 5.74) is 0. The van der Waals surface area contributed by atoms with E-state index >= 15 is 0 Å². The lowest BCUT2D eigenvalue weighted by atomic mass is 10.1. The summed E-state index contributed by atoms with van der Waals surface area (Å²) >= 11 is 0. The van der Waals surface area contributed by atoms with Crippen LogP contribution in [0.3, 0.4) is 0 Å². The molecule has 0 spiro atoms. The number of rotatable bonds is 16. The monoisotopic (exact) mass is 362 g/mol. The highest BCUT2D eigenvalue weighted by molar-refractivity contribution is 5.66. The quantitative estimate of drug-likeness (QED) is 0.240. The van der Waals surface area contributed by atoms with Gasteiger partial charge in [-0.2, -0.15) is 0 Å². The third kappa shape index (κ3) is 31.2. The van der Waals surface area contributed by atoms with Crippen molar-refractivity contribution < 1.29 is 30.0 Å². The van der Waals surface area contributed by atoms with E-state index in [2.05, 4.69) is 6.92 Å². The molecule has 0 radical (unpaired) electrons. The van der Waals surface area contributed by atoms with Crippen molar-refractivity contribution in [2.75, 3.05) is 0 Å². The average Bonchev–Trinajstić information content (AvgIpc) is 2.53. The van der Waals surface area contributed by atoms with E-state index in [0.29, 0.717) is 6.42 Å². The molecule has 6 nitrogen and oxygen atoms in total. The van der Waals surface area contributed by atoms with Gasteiger partial charge < -0.3 is 20.4 Å². The summed E-state index contributed by atoms with van der Waals surface area (Å²) in [5, 5.41) is 33.7. The first kappa shape index (κ1) is 26.1. The molecule has 0 bridgehead atoms. The second kappa shape index (κ2) is 20.9. The van der Waals surface area contributed by atoms with Gasteiger partial charge >= 0.3 is 11.9 Å². The molecule has 0 amide bonds. The largest absolute Gasteiger partial charge is 0.481 e. The van der Waals surface area contributed by atoms with Crippen LogP contribution in [-0.4, -0.2) is 38.7 Å². The molecule has 0 rings (SSSR count). The van der Waals surface area contributed by atoms with E-state index in [1.165, 1.54) is 25.7 Å². The topological polar surface area (TPSA) is 115 Å². The lowest BCUT2D eigenvalue weighted by molar-refractivity contribution is -0.138. The van der Waals surface area contributed by atoms with Crippen LogP contribution < -0.4 is 0 Å². The number of carboxylic acid groups (broad SMARTS) is 2. The minimum atomic E-state index is -1.10. The molecule has 0 aromatic rings. The molecule has 6 heteroatoms. The molecule has 0 saturated carbocycles. The standard InChI is InChI=1S/C10H18O4.C9H20O2/c11-9(12)7-5-3-1-2-4-6-8-10(13)14;1-2-3-4-5-6-7-8-9(10)11/h1-8H2,(H,11,12)(H,13,14);9-11H,2-8H2,1H3. The predicted molar refractivity (Wildman–Crippen MR) is 98.4 cm³/mol. The number of carboxylic acids is 2. The Hall–Kier alpha value is -1.14. The maximum Gasteiger partial charge on any atom is 0.303 e. The summed E-state index contributed by atoms with van der Waals surface area (Å²) in [6.07, 6.45) is 12.4. The first-order valence-corrected chi connectivity index (χ1v) is 9.69. The normalized spacial score (nSPS) is 10.4. The third-order valence-electron chi connectivity index (χ3n) is 3.85. The molecule has 0 heterocycles. The van der Waals surface area contributed by atoms with Crippen molar-refractivity contribution in [2.45, 2.75) is 110 Å². The first-order chi connectivity index (χ1) is 11.9. The van der Waals surface area contributed by atoms with Crippen molar-refractivity contribution in [2.24, 2.45) is 0 Å².